The molecule has 0 aliphatic heterocycles. The van der Waals surface area contributed by atoms with Crippen LogP contribution in [0.1, 0.15) is 19.3 Å². The summed E-state index contributed by atoms with van der Waals surface area (Å²) < 4.78 is 25.6. The van der Waals surface area contributed by atoms with Gasteiger partial charge in [0.25, 0.3) is 0 Å². The molecule has 5 nitrogen and oxygen atoms in total. The maximum atomic E-state index is 12.8. The van der Waals surface area contributed by atoms with Gasteiger partial charge in [-0.3, -0.25) is 10.1 Å². The van der Waals surface area contributed by atoms with Crippen LogP contribution in [0.4, 0.5) is 14.7 Å². The summed E-state index contributed by atoms with van der Waals surface area (Å²) in [6.07, 6.45) is 0.848. The maximum absolute atomic E-state index is 12.8. The van der Waals surface area contributed by atoms with E-state index in [1.54, 1.807) is 0 Å². The summed E-state index contributed by atoms with van der Waals surface area (Å²) in [5.41, 5.74) is 0. The van der Waals surface area contributed by atoms with Crippen molar-refractivity contribution in [3.8, 4) is 0 Å². The highest BCUT2D eigenvalue weighted by Crippen LogP contribution is 2.39. The second kappa shape index (κ2) is 3.56. The van der Waals surface area contributed by atoms with Crippen LogP contribution in [0, 0.1) is 5.92 Å². The Hall–Kier alpha value is -1.53. The van der Waals surface area contributed by atoms with Crippen LogP contribution in [0.3, 0.4) is 0 Å². The molecule has 0 bridgehead atoms. The molecule has 1 aromatic heterocycles. The first-order valence-corrected chi connectivity index (χ1v) is 4.61. The number of aromatic amines is 1. The zero-order valence-corrected chi connectivity index (χ0v) is 7.83. The van der Waals surface area contributed by atoms with Gasteiger partial charge in [0.2, 0.25) is 17.8 Å². The zero-order chi connectivity index (χ0) is 10.9. The lowest BCUT2D eigenvalue weighted by atomic mass is 10.1. The van der Waals surface area contributed by atoms with E-state index in [0.717, 1.165) is 0 Å². The van der Waals surface area contributed by atoms with Crippen LogP contribution in [-0.2, 0) is 4.79 Å². The van der Waals surface area contributed by atoms with Gasteiger partial charge in [0.05, 0.1) is 0 Å². The predicted molar refractivity (Wildman–Crippen MR) is 47.3 cm³/mol. The Balaban J connectivity index is 1.93. The first-order chi connectivity index (χ1) is 7.07. The number of halogens is 2. The van der Waals surface area contributed by atoms with E-state index in [0.29, 0.717) is 0 Å². The molecule has 1 amide bonds. The number of hydrogen-bond donors (Lipinski definition) is 2. The minimum atomic E-state index is -2.70. The molecule has 1 aromatic rings. The Morgan fingerprint density at radius 1 is 1.67 bits per heavy atom. The Labute approximate surface area is 84.3 Å². The Kier molecular flexibility index (Phi) is 2.37. The molecular weight excluding hydrogens is 206 g/mol. The second-order valence-corrected chi connectivity index (χ2v) is 3.62. The number of H-pyrrole nitrogens is 1. The van der Waals surface area contributed by atoms with E-state index in [1.807, 2.05) is 0 Å². The van der Waals surface area contributed by atoms with Gasteiger partial charge in [-0.15, -0.1) is 0 Å². The molecule has 0 saturated heterocycles. The van der Waals surface area contributed by atoms with Gasteiger partial charge in [-0.1, -0.05) is 0 Å². The molecule has 0 radical (unpaired) electrons. The minimum Gasteiger partial charge on any atom is -0.295 e. The molecule has 1 aliphatic rings. The van der Waals surface area contributed by atoms with Crippen LogP contribution in [0.5, 0.6) is 0 Å². The standard InChI is InChI=1S/C8H10F2N4O/c9-8(10)2-1-5(3-8)6(15)13-7-11-4-12-14-7/h4-5H,1-3H2,(H2,11,12,13,14,15). The number of carbonyl (C=O) groups is 1. The molecule has 0 aromatic carbocycles. The first kappa shape index (κ1) is 10.0. The van der Waals surface area contributed by atoms with E-state index < -0.39 is 17.7 Å². The van der Waals surface area contributed by atoms with Crippen molar-refractivity contribution < 1.29 is 13.6 Å². The highest BCUT2D eigenvalue weighted by molar-refractivity contribution is 5.91. The lowest BCUT2D eigenvalue weighted by Crippen LogP contribution is -2.23. The summed E-state index contributed by atoms with van der Waals surface area (Å²) in [5, 5.41) is 8.36. The molecule has 0 spiro atoms. The van der Waals surface area contributed by atoms with Crippen molar-refractivity contribution in [1.29, 1.82) is 0 Å². The van der Waals surface area contributed by atoms with E-state index in [1.165, 1.54) is 6.33 Å². The normalized spacial score (nSPS) is 24.0. The van der Waals surface area contributed by atoms with Crippen LogP contribution >= 0.6 is 0 Å². The van der Waals surface area contributed by atoms with E-state index in [9.17, 15) is 13.6 Å². The lowest BCUT2D eigenvalue weighted by Gasteiger charge is -2.09. The molecule has 1 atom stereocenters. The van der Waals surface area contributed by atoms with Gasteiger partial charge < -0.3 is 0 Å². The zero-order valence-electron chi connectivity index (χ0n) is 7.83. The Morgan fingerprint density at radius 3 is 3.00 bits per heavy atom. The van der Waals surface area contributed by atoms with Gasteiger partial charge in [-0.25, -0.2) is 13.9 Å². The monoisotopic (exact) mass is 216 g/mol. The third kappa shape index (κ3) is 2.28. The molecule has 1 unspecified atom stereocenters. The maximum Gasteiger partial charge on any atom is 0.248 e. The molecule has 1 heterocycles. The van der Waals surface area contributed by atoms with Crippen molar-refractivity contribution >= 4 is 11.9 Å². The fourth-order valence-electron chi connectivity index (χ4n) is 1.66. The molecule has 1 saturated carbocycles. The Bertz CT molecular complexity index is 352. The van der Waals surface area contributed by atoms with E-state index >= 15 is 0 Å². The van der Waals surface area contributed by atoms with Crippen molar-refractivity contribution in [3.05, 3.63) is 6.33 Å². The average Bonchev–Trinajstić information content (AvgIpc) is 2.74. The minimum absolute atomic E-state index is 0.190. The van der Waals surface area contributed by atoms with Crippen molar-refractivity contribution in [2.24, 2.45) is 5.92 Å². The van der Waals surface area contributed by atoms with Gasteiger partial charge in [0.1, 0.15) is 6.33 Å². The number of aromatic nitrogens is 3. The van der Waals surface area contributed by atoms with Gasteiger partial charge >= 0.3 is 0 Å². The third-order valence-corrected chi connectivity index (χ3v) is 2.43. The third-order valence-electron chi connectivity index (χ3n) is 2.43. The Morgan fingerprint density at radius 2 is 2.47 bits per heavy atom. The summed E-state index contributed by atoms with van der Waals surface area (Å²) in [4.78, 5) is 15.1. The smallest absolute Gasteiger partial charge is 0.248 e. The van der Waals surface area contributed by atoms with Gasteiger partial charge in [-0.2, -0.15) is 10.1 Å². The van der Waals surface area contributed by atoms with Crippen LogP contribution < -0.4 is 5.32 Å². The van der Waals surface area contributed by atoms with Crippen LogP contribution in [0.15, 0.2) is 6.33 Å². The summed E-state index contributed by atoms with van der Waals surface area (Å²) in [6.45, 7) is 0. The number of hydrogen-bond acceptors (Lipinski definition) is 3. The van der Waals surface area contributed by atoms with Gasteiger partial charge in [-0.05, 0) is 6.42 Å². The molecule has 2 N–H and O–H groups in total. The van der Waals surface area contributed by atoms with Crippen molar-refractivity contribution in [1.82, 2.24) is 15.2 Å². The molecule has 1 fully saturated rings. The highest BCUT2D eigenvalue weighted by Gasteiger charge is 2.42. The van der Waals surface area contributed by atoms with Crippen molar-refractivity contribution in [3.63, 3.8) is 0 Å². The number of nitrogens with zero attached hydrogens (tertiary/aromatic N) is 2. The fraction of sp³-hybridized carbons (Fsp3) is 0.625. The number of anilines is 1. The summed E-state index contributed by atoms with van der Waals surface area (Å²) >= 11 is 0. The van der Waals surface area contributed by atoms with Crippen LogP contribution in [0.25, 0.3) is 0 Å². The molecule has 82 valence electrons. The number of alkyl halides is 2. The summed E-state index contributed by atoms with van der Waals surface area (Å²) in [6, 6.07) is 0. The van der Waals surface area contributed by atoms with Crippen molar-refractivity contribution in [2.45, 2.75) is 25.2 Å². The predicted octanol–water partition coefficient (Wildman–Crippen LogP) is 1.18. The van der Waals surface area contributed by atoms with E-state index in [2.05, 4.69) is 20.5 Å². The number of carbonyl (C=O) groups excluding carboxylic acids is 1. The van der Waals surface area contributed by atoms with Crippen LogP contribution in [0.2, 0.25) is 0 Å². The highest BCUT2D eigenvalue weighted by atomic mass is 19.3. The second-order valence-electron chi connectivity index (χ2n) is 3.62. The molecular formula is C8H10F2N4O. The number of rotatable bonds is 2. The average molecular weight is 216 g/mol. The number of nitrogens with one attached hydrogen (secondary N) is 2. The first-order valence-electron chi connectivity index (χ1n) is 4.61. The molecule has 7 heteroatoms. The SMILES string of the molecule is O=C(Nc1ncn[nH]1)C1CCC(F)(F)C1. The quantitative estimate of drug-likeness (QED) is 0.779. The van der Waals surface area contributed by atoms with Gasteiger partial charge in [0.15, 0.2) is 0 Å². The molecule has 1 aliphatic carbocycles. The summed E-state index contributed by atoms with van der Waals surface area (Å²) in [5.74, 6) is -3.58. The van der Waals surface area contributed by atoms with Gasteiger partial charge in [0, 0.05) is 18.8 Å². The van der Waals surface area contributed by atoms with E-state index in [-0.39, 0.29) is 25.2 Å². The fourth-order valence-corrected chi connectivity index (χ4v) is 1.66. The van der Waals surface area contributed by atoms with Crippen molar-refractivity contribution in [2.75, 3.05) is 5.32 Å². The van der Waals surface area contributed by atoms with Crippen LogP contribution in [-0.4, -0.2) is 27.0 Å². The topological polar surface area (TPSA) is 70.7 Å². The largest absolute Gasteiger partial charge is 0.295 e. The number of amides is 1. The summed E-state index contributed by atoms with van der Waals surface area (Å²) in [7, 11) is 0. The lowest BCUT2D eigenvalue weighted by molar-refractivity contribution is -0.120. The van der Waals surface area contributed by atoms with E-state index in [4.69, 9.17) is 0 Å². The molecule has 15 heavy (non-hydrogen) atoms. The molecule has 2 rings (SSSR count).